The van der Waals surface area contributed by atoms with Crippen LogP contribution in [0.5, 0.6) is 0 Å². The number of halogens is 2. The minimum absolute atomic E-state index is 0.196. The lowest BCUT2D eigenvalue weighted by Crippen LogP contribution is -2.35. The topological polar surface area (TPSA) is 90.0 Å². The number of anilines is 2. The highest BCUT2D eigenvalue weighted by Gasteiger charge is 2.43. The van der Waals surface area contributed by atoms with E-state index >= 15 is 0 Å². The van der Waals surface area contributed by atoms with Gasteiger partial charge < -0.3 is 14.8 Å². The summed E-state index contributed by atoms with van der Waals surface area (Å²) < 4.78 is 24.8. The zero-order valence-electron chi connectivity index (χ0n) is 16.5. The molecule has 0 saturated carbocycles. The average Bonchev–Trinajstić information content (AvgIpc) is 3.30. The minimum Gasteiger partial charge on any atom is -0.438 e. The van der Waals surface area contributed by atoms with E-state index in [1.54, 1.807) is 37.4 Å². The molecule has 3 heterocycles. The summed E-state index contributed by atoms with van der Waals surface area (Å²) in [6, 6.07) is 8.25. The van der Waals surface area contributed by atoms with Crippen LogP contribution in [0.15, 0.2) is 36.5 Å². The van der Waals surface area contributed by atoms with Crippen LogP contribution in [0.1, 0.15) is 23.7 Å². The third kappa shape index (κ3) is 4.43. The summed E-state index contributed by atoms with van der Waals surface area (Å²) in [6.07, 6.45) is 0.983. The second-order valence-electron chi connectivity index (χ2n) is 6.85. The summed E-state index contributed by atoms with van der Waals surface area (Å²) in [5.74, 6) is -2.22. The van der Waals surface area contributed by atoms with Gasteiger partial charge in [0.25, 0.3) is 5.91 Å². The molecular formula is C20H17FIN3O5S. The number of aromatic nitrogens is 1. The Kier molecular flexibility index (Phi) is 5.99. The number of hydrogen-bond acceptors (Lipinski definition) is 8. The number of thiophene rings is 1. The summed E-state index contributed by atoms with van der Waals surface area (Å²) in [4.78, 5) is 35.4. The molecule has 1 aliphatic heterocycles. The number of amides is 1. The van der Waals surface area contributed by atoms with Crippen LogP contribution in [0.3, 0.4) is 0 Å². The van der Waals surface area contributed by atoms with E-state index in [1.807, 2.05) is 22.6 Å². The predicted molar refractivity (Wildman–Crippen MR) is 121 cm³/mol. The van der Waals surface area contributed by atoms with Crippen LogP contribution < -0.4 is 5.32 Å². The zero-order valence-corrected chi connectivity index (χ0v) is 19.5. The van der Waals surface area contributed by atoms with Crippen molar-refractivity contribution < 1.29 is 28.3 Å². The van der Waals surface area contributed by atoms with E-state index in [0.717, 1.165) is 8.63 Å². The predicted octanol–water partition coefficient (Wildman–Crippen LogP) is 5.06. The average molecular weight is 557 g/mol. The van der Waals surface area contributed by atoms with Gasteiger partial charge in [0.05, 0.1) is 24.9 Å². The number of carbonyl (C=O) groups is 2. The molecule has 8 nitrogen and oxygen atoms in total. The molecule has 1 amide bonds. The Morgan fingerprint density at radius 1 is 1.39 bits per heavy atom. The van der Waals surface area contributed by atoms with Crippen molar-refractivity contribution in [2.45, 2.75) is 19.1 Å². The van der Waals surface area contributed by atoms with Gasteiger partial charge in [-0.1, -0.05) is 11.3 Å². The fourth-order valence-electron chi connectivity index (χ4n) is 3.13. The summed E-state index contributed by atoms with van der Waals surface area (Å²) >= 11 is 3.26. The Labute approximate surface area is 194 Å². The van der Waals surface area contributed by atoms with Crippen LogP contribution in [-0.2, 0) is 14.3 Å². The van der Waals surface area contributed by atoms with Crippen LogP contribution in [-0.4, -0.2) is 41.6 Å². The Morgan fingerprint density at radius 2 is 2.19 bits per heavy atom. The molecule has 1 saturated heterocycles. The smallest absolute Gasteiger partial charge is 0.438 e. The third-order valence-electron chi connectivity index (χ3n) is 4.62. The number of hydrogen-bond donors (Lipinski definition) is 1. The molecule has 0 aliphatic carbocycles. The van der Waals surface area contributed by atoms with Crippen LogP contribution in [0, 0.1) is 9.39 Å². The van der Waals surface area contributed by atoms with Crippen molar-refractivity contribution in [1.82, 2.24) is 10.0 Å². The maximum absolute atomic E-state index is 14.4. The number of nitrogens with one attached hydrogen (secondary N) is 1. The van der Waals surface area contributed by atoms with Crippen LogP contribution in [0.25, 0.3) is 10.2 Å². The first-order valence-electron chi connectivity index (χ1n) is 9.17. The SMILES string of the molecule is COC(=O)OC1(C)CCN(C(=O)c2c(Nc3ccc(I)cc3F)sc3ncccc23)O1. The van der Waals surface area contributed by atoms with Gasteiger partial charge in [-0.3, -0.25) is 4.79 Å². The highest BCUT2D eigenvalue weighted by molar-refractivity contribution is 14.1. The molecule has 1 fully saturated rings. The van der Waals surface area contributed by atoms with Crippen molar-refractivity contribution >= 4 is 66.9 Å². The molecule has 162 valence electrons. The number of pyridine rings is 1. The molecule has 1 N–H and O–H groups in total. The number of carbonyl (C=O) groups excluding carboxylic acids is 2. The second kappa shape index (κ2) is 8.55. The number of rotatable bonds is 4. The molecule has 1 unspecified atom stereocenters. The standard InChI is InChI=1S/C20H17FIN3O5S/c1-20(29-19(27)28-2)7-9-25(30-20)18(26)15-12-4-3-8-23-16(12)31-17(15)24-14-6-5-11(22)10-13(14)21/h3-6,8,10,24H,7,9H2,1-2H3. The Morgan fingerprint density at radius 3 is 2.94 bits per heavy atom. The number of fused-ring (bicyclic) bond motifs is 1. The fraction of sp³-hybridized carbons (Fsp3) is 0.250. The molecular weight excluding hydrogens is 540 g/mol. The molecule has 11 heteroatoms. The lowest BCUT2D eigenvalue weighted by molar-refractivity contribution is -0.254. The number of benzene rings is 1. The van der Waals surface area contributed by atoms with Crippen LogP contribution in [0.2, 0.25) is 0 Å². The van der Waals surface area contributed by atoms with E-state index in [2.05, 4.69) is 15.0 Å². The first-order chi connectivity index (χ1) is 14.8. The zero-order chi connectivity index (χ0) is 22.2. The van der Waals surface area contributed by atoms with E-state index < -0.39 is 23.7 Å². The maximum Gasteiger partial charge on any atom is 0.510 e. The molecule has 1 atom stereocenters. The molecule has 4 rings (SSSR count). The number of hydroxylamine groups is 2. The van der Waals surface area contributed by atoms with Gasteiger partial charge in [0.1, 0.15) is 15.6 Å². The third-order valence-corrected chi connectivity index (χ3v) is 6.32. The molecule has 1 aromatic carbocycles. The lowest BCUT2D eigenvalue weighted by atomic mass is 10.2. The van der Waals surface area contributed by atoms with Crippen molar-refractivity contribution in [3.8, 4) is 0 Å². The molecule has 0 bridgehead atoms. The second-order valence-corrected chi connectivity index (χ2v) is 9.09. The van der Waals surface area contributed by atoms with E-state index in [0.29, 0.717) is 20.8 Å². The van der Waals surface area contributed by atoms with E-state index in [9.17, 15) is 14.0 Å². The van der Waals surface area contributed by atoms with E-state index in [4.69, 9.17) is 9.57 Å². The van der Waals surface area contributed by atoms with Crippen molar-refractivity contribution in [2.75, 3.05) is 19.0 Å². The Balaban J connectivity index is 1.67. The summed E-state index contributed by atoms with van der Waals surface area (Å²) in [5.41, 5.74) is 0.538. The van der Waals surface area contributed by atoms with Gasteiger partial charge in [0.2, 0.25) is 5.79 Å². The van der Waals surface area contributed by atoms with Gasteiger partial charge in [0, 0.05) is 28.5 Å². The molecule has 0 spiro atoms. The molecule has 3 aromatic rings. The van der Waals surface area contributed by atoms with Gasteiger partial charge in [0.15, 0.2) is 0 Å². The largest absolute Gasteiger partial charge is 0.510 e. The number of nitrogens with zero attached hydrogens (tertiary/aromatic N) is 2. The van der Waals surface area contributed by atoms with Gasteiger partial charge in [-0.2, -0.15) is 0 Å². The van der Waals surface area contributed by atoms with Crippen molar-refractivity contribution in [2.24, 2.45) is 0 Å². The Bertz CT molecular complexity index is 1170. The highest BCUT2D eigenvalue weighted by Crippen LogP contribution is 2.39. The monoisotopic (exact) mass is 557 g/mol. The summed E-state index contributed by atoms with van der Waals surface area (Å²) in [7, 11) is 1.19. The highest BCUT2D eigenvalue weighted by atomic mass is 127. The lowest BCUT2D eigenvalue weighted by Gasteiger charge is -2.23. The van der Waals surface area contributed by atoms with Crippen LogP contribution in [0.4, 0.5) is 19.9 Å². The first-order valence-corrected chi connectivity index (χ1v) is 11.1. The van der Waals surface area contributed by atoms with Crippen LogP contribution >= 0.6 is 33.9 Å². The number of methoxy groups -OCH3 is 1. The molecule has 1 aliphatic rings. The fourth-order valence-corrected chi connectivity index (χ4v) is 4.63. The maximum atomic E-state index is 14.4. The van der Waals surface area contributed by atoms with Gasteiger partial charge in [-0.05, 0) is 52.9 Å². The van der Waals surface area contributed by atoms with Crippen molar-refractivity contribution in [3.63, 3.8) is 0 Å². The Hall–Kier alpha value is -2.51. The normalized spacial score (nSPS) is 18.3. The quantitative estimate of drug-likeness (QED) is 0.355. The summed E-state index contributed by atoms with van der Waals surface area (Å²) in [6.45, 7) is 1.74. The van der Waals surface area contributed by atoms with E-state index in [-0.39, 0.29) is 18.7 Å². The summed E-state index contributed by atoms with van der Waals surface area (Å²) in [5, 5.41) is 5.19. The minimum atomic E-state index is -1.33. The molecule has 31 heavy (non-hydrogen) atoms. The van der Waals surface area contributed by atoms with Gasteiger partial charge in [-0.25, -0.2) is 24.1 Å². The first kappa shape index (κ1) is 21.7. The number of ether oxygens (including phenoxy) is 2. The molecule has 0 radical (unpaired) electrons. The molecule has 2 aromatic heterocycles. The van der Waals surface area contributed by atoms with Gasteiger partial charge in [-0.15, -0.1) is 0 Å². The van der Waals surface area contributed by atoms with E-state index in [1.165, 1.54) is 24.5 Å². The van der Waals surface area contributed by atoms with Gasteiger partial charge >= 0.3 is 6.16 Å². The van der Waals surface area contributed by atoms with Crippen molar-refractivity contribution in [1.29, 1.82) is 0 Å². The van der Waals surface area contributed by atoms with Crippen molar-refractivity contribution in [3.05, 3.63) is 51.5 Å².